The summed E-state index contributed by atoms with van der Waals surface area (Å²) in [7, 11) is 0. The van der Waals surface area contributed by atoms with Gasteiger partial charge in [0.2, 0.25) is 0 Å². The number of imidazole rings is 1. The molecular weight excluding hydrogens is 394 g/mol. The maximum absolute atomic E-state index is 9.01. The van der Waals surface area contributed by atoms with Crippen molar-refractivity contribution in [3.63, 3.8) is 0 Å². The topological polar surface area (TPSA) is 47.6 Å². The SMILES string of the molecule is N#Cc1ccc(CN2CCCN(Cc3c(-c4ccccc4)nc4ccccn34)CC2)cc1. The van der Waals surface area contributed by atoms with Gasteiger partial charge in [-0.2, -0.15) is 5.26 Å². The van der Waals surface area contributed by atoms with Gasteiger partial charge in [0.15, 0.2) is 0 Å². The van der Waals surface area contributed by atoms with Gasteiger partial charge in [-0.05, 0) is 49.3 Å². The van der Waals surface area contributed by atoms with Crippen molar-refractivity contribution < 1.29 is 0 Å². The first-order valence-corrected chi connectivity index (χ1v) is 11.3. The summed E-state index contributed by atoms with van der Waals surface area (Å²) >= 11 is 0. The normalized spacial score (nSPS) is 15.5. The predicted molar refractivity (Wildman–Crippen MR) is 127 cm³/mol. The van der Waals surface area contributed by atoms with Gasteiger partial charge in [0.25, 0.3) is 0 Å². The standard InChI is InChI=1S/C27H27N5/c28-19-22-10-12-23(13-11-22)20-30-14-6-15-31(18-17-30)21-25-27(24-7-2-1-3-8-24)29-26-9-4-5-16-32(25)26/h1-5,7-13,16H,6,14-15,17-18,20-21H2. The van der Waals surface area contributed by atoms with Crippen LogP contribution in [0.4, 0.5) is 0 Å². The third kappa shape index (κ3) is 4.43. The van der Waals surface area contributed by atoms with E-state index in [0.29, 0.717) is 0 Å². The molecule has 0 aliphatic carbocycles. The quantitative estimate of drug-likeness (QED) is 0.473. The molecule has 160 valence electrons. The van der Waals surface area contributed by atoms with Crippen molar-refractivity contribution in [2.75, 3.05) is 26.2 Å². The summed E-state index contributed by atoms with van der Waals surface area (Å²) in [5.41, 5.74) is 6.49. The second-order valence-electron chi connectivity index (χ2n) is 8.42. The van der Waals surface area contributed by atoms with Gasteiger partial charge in [-0.3, -0.25) is 9.80 Å². The van der Waals surface area contributed by atoms with E-state index in [2.05, 4.69) is 81.1 Å². The van der Waals surface area contributed by atoms with E-state index in [4.69, 9.17) is 10.2 Å². The van der Waals surface area contributed by atoms with Crippen LogP contribution >= 0.6 is 0 Å². The van der Waals surface area contributed by atoms with E-state index in [1.807, 2.05) is 18.2 Å². The maximum Gasteiger partial charge on any atom is 0.137 e. The highest BCUT2D eigenvalue weighted by atomic mass is 15.2. The van der Waals surface area contributed by atoms with Crippen LogP contribution in [0.25, 0.3) is 16.9 Å². The lowest BCUT2D eigenvalue weighted by Crippen LogP contribution is -2.30. The summed E-state index contributed by atoms with van der Waals surface area (Å²) in [5.74, 6) is 0. The molecule has 0 radical (unpaired) electrons. The number of hydrogen-bond acceptors (Lipinski definition) is 4. The summed E-state index contributed by atoms with van der Waals surface area (Å²) in [6.07, 6.45) is 3.27. The molecule has 1 aliphatic rings. The number of nitriles is 1. The minimum Gasteiger partial charge on any atom is -0.302 e. The van der Waals surface area contributed by atoms with Crippen LogP contribution < -0.4 is 0 Å². The van der Waals surface area contributed by atoms with Gasteiger partial charge in [-0.25, -0.2) is 4.98 Å². The zero-order chi connectivity index (χ0) is 21.8. The van der Waals surface area contributed by atoms with Gasteiger partial charge in [-0.1, -0.05) is 48.5 Å². The summed E-state index contributed by atoms with van der Waals surface area (Å²) in [5, 5.41) is 9.01. The van der Waals surface area contributed by atoms with E-state index in [-0.39, 0.29) is 0 Å². The van der Waals surface area contributed by atoms with E-state index in [9.17, 15) is 0 Å². The lowest BCUT2D eigenvalue weighted by atomic mass is 10.1. The minimum atomic E-state index is 0.720. The Labute approximate surface area is 189 Å². The fourth-order valence-electron chi connectivity index (χ4n) is 4.52. The summed E-state index contributed by atoms with van der Waals surface area (Å²) in [6, 6.07) is 26.9. The van der Waals surface area contributed by atoms with Crippen LogP contribution in [-0.4, -0.2) is 45.4 Å². The molecule has 1 fully saturated rings. The molecule has 0 bridgehead atoms. The average molecular weight is 422 g/mol. The Balaban J connectivity index is 1.32. The van der Waals surface area contributed by atoms with E-state index in [1.54, 1.807) is 0 Å². The Kier molecular flexibility index (Phi) is 5.98. The van der Waals surface area contributed by atoms with E-state index in [1.165, 1.54) is 16.8 Å². The average Bonchev–Trinajstić information content (AvgIpc) is 3.06. The van der Waals surface area contributed by atoms with Crippen LogP contribution in [0.1, 0.15) is 23.2 Å². The zero-order valence-electron chi connectivity index (χ0n) is 18.2. The van der Waals surface area contributed by atoms with Crippen molar-refractivity contribution in [2.45, 2.75) is 19.5 Å². The van der Waals surface area contributed by atoms with Gasteiger partial charge in [0.05, 0.1) is 23.0 Å². The molecule has 1 aliphatic heterocycles. The van der Waals surface area contributed by atoms with Crippen LogP contribution in [0.15, 0.2) is 79.0 Å². The maximum atomic E-state index is 9.01. The second-order valence-corrected chi connectivity index (χ2v) is 8.42. The van der Waals surface area contributed by atoms with Gasteiger partial charge in [0.1, 0.15) is 5.65 Å². The molecule has 0 amide bonds. The minimum absolute atomic E-state index is 0.720. The molecule has 5 nitrogen and oxygen atoms in total. The van der Waals surface area contributed by atoms with Crippen molar-refractivity contribution in [1.82, 2.24) is 19.2 Å². The molecule has 2 aromatic carbocycles. The van der Waals surface area contributed by atoms with E-state index >= 15 is 0 Å². The first-order chi connectivity index (χ1) is 15.8. The fourth-order valence-corrected chi connectivity index (χ4v) is 4.52. The molecule has 2 aromatic heterocycles. The molecule has 0 N–H and O–H groups in total. The molecule has 0 saturated carbocycles. The van der Waals surface area contributed by atoms with Gasteiger partial charge in [-0.15, -0.1) is 0 Å². The van der Waals surface area contributed by atoms with Crippen LogP contribution in [0.2, 0.25) is 0 Å². The third-order valence-electron chi connectivity index (χ3n) is 6.22. The Morgan fingerprint density at radius 2 is 1.50 bits per heavy atom. The van der Waals surface area contributed by atoms with Crippen LogP contribution in [0.3, 0.4) is 0 Å². The van der Waals surface area contributed by atoms with Crippen molar-refractivity contribution in [3.05, 3.63) is 95.8 Å². The third-order valence-corrected chi connectivity index (χ3v) is 6.22. The molecular formula is C27H27N5. The van der Waals surface area contributed by atoms with E-state index in [0.717, 1.165) is 62.6 Å². The highest BCUT2D eigenvalue weighted by Crippen LogP contribution is 2.26. The molecule has 0 unspecified atom stereocenters. The highest BCUT2D eigenvalue weighted by Gasteiger charge is 2.20. The number of pyridine rings is 1. The van der Waals surface area contributed by atoms with Gasteiger partial charge < -0.3 is 4.40 Å². The lowest BCUT2D eigenvalue weighted by Gasteiger charge is -2.22. The number of fused-ring (bicyclic) bond motifs is 1. The fraction of sp³-hybridized carbons (Fsp3) is 0.259. The Bertz CT molecular complexity index is 1220. The zero-order valence-corrected chi connectivity index (χ0v) is 18.2. The lowest BCUT2D eigenvalue weighted by molar-refractivity contribution is 0.245. The largest absolute Gasteiger partial charge is 0.302 e. The Morgan fingerprint density at radius 1 is 0.781 bits per heavy atom. The highest BCUT2D eigenvalue weighted by molar-refractivity contribution is 5.66. The monoisotopic (exact) mass is 421 g/mol. The number of aromatic nitrogens is 2. The summed E-state index contributed by atoms with van der Waals surface area (Å²) in [6.45, 7) is 6.07. The first kappa shape index (κ1) is 20.4. The molecule has 1 saturated heterocycles. The van der Waals surface area contributed by atoms with Crippen molar-refractivity contribution in [3.8, 4) is 17.3 Å². The smallest absolute Gasteiger partial charge is 0.137 e. The predicted octanol–water partition coefficient (Wildman–Crippen LogP) is 4.58. The molecule has 4 aromatic rings. The van der Waals surface area contributed by atoms with E-state index < -0.39 is 0 Å². The number of benzene rings is 2. The van der Waals surface area contributed by atoms with Crippen LogP contribution in [-0.2, 0) is 13.1 Å². The molecule has 0 atom stereocenters. The second kappa shape index (κ2) is 9.35. The Hall–Kier alpha value is -3.46. The van der Waals surface area contributed by atoms with Gasteiger partial charge in [0, 0.05) is 37.9 Å². The van der Waals surface area contributed by atoms with Gasteiger partial charge >= 0.3 is 0 Å². The van der Waals surface area contributed by atoms with Crippen molar-refractivity contribution in [2.24, 2.45) is 0 Å². The number of rotatable bonds is 5. The molecule has 5 heteroatoms. The Morgan fingerprint density at radius 3 is 2.25 bits per heavy atom. The molecule has 3 heterocycles. The first-order valence-electron chi connectivity index (χ1n) is 11.3. The van der Waals surface area contributed by atoms with Crippen molar-refractivity contribution in [1.29, 1.82) is 5.26 Å². The summed E-state index contributed by atoms with van der Waals surface area (Å²) in [4.78, 5) is 10.0. The number of hydrogen-bond donors (Lipinski definition) is 0. The van der Waals surface area contributed by atoms with Crippen molar-refractivity contribution >= 4 is 5.65 Å². The number of nitrogens with zero attached hydrogens (tertiary/aromatic N) is 5. The van der Waals surface area contributed by atoms with Crippen LogP contribution in [0.5, 0.6) is 0 Å². The molecule has 0 spiro atoms. The summed E-state index contributed by atoms with van der Waals surface area (Å²) < 4.78 is 2.24. The molecule has 5 rings (SSSR count). The van der Waals surface area contributed by atoms with Crippen LogP contribution in [0, 0.1) is 11.3 Å². The molecule has 32 heavy (non-hydrogen) atoms.